The molecule has 0 saturated carbocycles. The van der Waals surface area contributed by atoms with E-state index >= 15 is 0 Å². The number of rotatable bonds is 2. The average Bonchev–Trinajstić information content (AvgIpc) is 2.76. The summed E-state index contributed by atoms with van der Waals surface area (Å²) in [5.41, 5.74) is 4.41. The molecule has 3 heterocycles. The summed E-state index contributed by atoms with van der Waals surface area (Å²) in [6.07, 6.45) is 3.37. The number of aryl methyl sites for hydroxylation is 2. The van der Waals surface area contributed by atoms with Crippen LogP contribution in [-0.4, -0.2) is 18.4 Å². The molecular formula is C24H19N3O2S. The highest BCUT2D eigenvalue weighted by Crippen LogP contribution is 2.48. The summed E-state index contributed by atoms with van der Waals surface area (Å²) in [5, 5.41) is 0. The molecule has 0 radical (unpaired) electrons. The minimum Gasteiger partial charge on any atom is -0.276 e. The lowest BCUT2D eigenvalue weighted by Gasteiger charge is -2.32. The van der Waals surface area contributed by atoms with Gasteiger partial charge in [0.2, 0.25) is 9.84 Å². The van der Waals surface area contributed by atoms with Crippen LogP contribution in [0.25, 0.3) is 11.1 Å². The normalized spacial score (nSPS) is 14.1. The van der Waals surface area contributed by atoms with E-state index in [4.69, 9.17) is 0 Å². The van der Waals surface area contributed by atoms with Crippen LogP contribution in [0.2, 0.25) is 0 Å². The lowest BCUT2D eigenvalue weighted by atomic mass is 10.0. The van der Waals surface area contributed by atoms with Crippen molar-refractivity contribution in [1.82, 2.24) is 9.97 Å². The van der Waals surface area contributed by atoms with Crippen LogP contribution < -0.4 is 4.90 Å². The molecule has 0 aliphatic carbocycles. The zero-order valence-corrected chi connectivity index (χ0v) is 17.4. The summed E-state index contributed by atoms with van der Waals surface area (Å²) < 4.78 is 26.9. The minimum atomic E-state index is -3.73. The van der Waals surface area contributed by atoms with Crippen LogP contribution in [0.1, 0.15) is 11.1 Å². The number of anilines is 3. The summed E-state index contributed by atoms with van der Waals surface area (Å²) in [6.45, 7) is 3.68. The number of sulfone groups is 1. The van der Waals surface area contributed by atoms with Gasteiger partial charge in [-0.1, -0.05) is 48.5 Å². The number of hydrogen-bond acceptors (Lipinski definition) is 5. The van der Waals surface area contributed by atoms with Gasteiger partial charge >= 0.3 is 0 Å². The molecule has 0 N–H and O–H groups in total. The van der Waals surface area contributed by atoms with Crippen LogP contribution in [0.3, 0.4) is 0 Å². The Balaban J connectivity index is 1.86. The van der Waals surface area contributed by atoms with Crippen molar-refractivity contribution in [2.24, 2.45) is 0 Å². The van der Waals surface area contributed by atoms with Crippen molar-refractivity contribution in [3.8, 4) is 11.1 Å². The summed E-state index contributed by atoms with van der Waals surface area (Å²) >= 11 is 0. The molecule has 30 heavy (non-hydrogen) atoms. The Morgan fingerprint density at radius 2 is 1.27 bits per heavy atom. The van der Waals surface area contributed by atoms with Gasteiger partial charge in [-0.15, -0.1) is 0 Å². The van der Waals surface area contributed by atoms with E-state index < -0.39 is 9.84 Å². The first-order valence-electron chi connectivity index (χ1n) is 9.60. The van der Waals surface area contributed by atoms with E-state index in [1.54, 1.807) is 24.5 Å². The molecule has 0 fully saturated rings. The Labute approximate surface area is 175 Å². The van der Waals surface area contributed by atoms with Gasteiger partial charge in [-0.3, -0.25) is 4.90 Å². The fourth-order valence-corrected chi connectivity index (χ4v) is 5.47. The van der Waals surface area contributed by atoms with Crippen molar-refractivity contribution in [2.45, 2.75) is 23.6 Å². The lowest BCUT2D eigenvalue weighted by molar-refractivity contribution is 0.593. The molecule has 0 amide bonds. The second-order valence-electron chi connectivity index (χ2n) is 7.39. The molecule has 0 atom stereocenters. The first-order valence-corrected chi connectivity index (χ1v) is 11.1. The summed E-state index contributed by atoms with van der Waals surface area (Å²) in [6, 6.07) is 21.3. The Morgan fingerprint density at radius 1 is 0.733 bits per heavy atom. The van der Waals surface area contributed by atoms with Crippen LogP contribution in [-0.2, 0) is 9.84 Å². The molecule has 0 spiro atoms. The maximum atomic E-state index is 13.4. The highest BCUT2D eigenvalue weighted by molar-refractivity contribution is 7.92. The highest BCUT2D eigenvalue weighted by atomic mass is 32.2. The quantitative estimate of drug-likeness (QED) is 0.389. The third kappa shape index (κ3) is 2.80. The van der Waals surface area contributed by atoms with Crippen molar-refractivity contribution in [3.63, 3.8) is 0 Å². The number of aromatic nitrogens is 2. The van der Waals surface area contributed by atoms with Gasteiger partial charge < -0.3 is 0 Å². The average molecular weight is 414 g/mol. The van der Waals surface area contributed by atoms with E-state index in [1.165, 1.54) is 0 Å². The molecule has 6 heteroatoms. The number of nitrogens with zero attached hydrogens (tertiary/aromatic N) is 3. The topological polar surface area (TPSA) is 63.2 Å². The smallest absolute Gasteiger partial charge is 0.213 e. The maximum absolute atomic E-state index is 13.4. The molecule has 0 unspecified atom stereocenters. The standard InChI is InChI=1S/C24H19N3O2S/c1-16-12-21-23(25-14-16)27(24-22(30(21,28)29)13-17(2)15-26-24)20-11-7-6-10-19(20)18-8-4-3-5-9-18/h3-15H,1-2H3. The van der Waals surface area contributed by atoms with Crippen molar-refractivity contribution >= 4 is 27.2 Å². The summed E-state index contributed by atoms with van der Waals surface area (Å²) in [5.74, 6) is 0.737. The Bertz CT molecular complexity index is 1320. The van der Waals surface area contributed by atoms with E-state index in [2.05, 4.69) is 9.97 Å². The largest absolute Gasteiger partial charge is 0.276 e. The Morgan fingerprint density at radius 3 is 1.87 bits per heavy atom. The Hall–Kier alpha value is -3.51. The molecule has 148 valence electrons. The van der Waals surface area contributed by atoms with Gasteiger partial charge in [0.15, 0.2) is 11.6 Å². The molecule has 5 nitrogen and oxygen atoms in total. The minimum absolute atomic E-state index is 0.199. The predicted molar refractivity (Wildman–Crippen MR) is 117 cm³/mol. The highest BCUT2D eigenvalue weighted by Gasteiger charge is 2.38. The van der Waals surface area contributed by atoms with Crippen molar-refractivity contribution in [2.75, 3.05) is 4.90 Å². The maximum Gasteiger partial charge on any atom is 0.213 e. The van der Waals surface area contributed by atoms with E-state index in [9.17, 15) is 8.42 Å². The van der Waals surface area contributed by atoms with Crippen LogP contribution in [0.4, 0.5) is 17.3 Å². The number of para-hydroxylation sites is 1. The predicted octanol–water partition coefficient (Wildman–Crippen LogP) is 5.38. The van der Waals surface area contributed by atoms with Gasteiger partial charge in [0.25, 0.3) is 0 Å². The van der Waals surface area contributed by atoms with Gasteiger partial charge in [-0.2, -0.15) is 0 Å². The van der Waals surface area contributed by atoms with Crippen molar-refractivity contribution in [3.05, 3.63) is 90.3 Å². The first-order chi connectivity index (χ1) is 14.5. The molecule has 1 aliphatic heterocycles. The van der Waals surface area contributed by atoms with Crippen molar-refractivity contribution < 1.29 is 8.42 Å². The zero-order valence-electron chi connectivity index (χ0n) is 16.6. The summed E-state index contributed by atoms with van der Waals surface area (Å²) in [7, 11) is -3.73. The second-order valence-corrected chi connectivity index (χ2v) is 9.28. The van der Waals surface area contributed by atoms with E-state index in [-0.39, 0.29) is 9.79 Å². The van der Waals surface area contributed by atoms with E-state index in [1.807, 2.05) is 73.3 Å². The third-order valence-corrected chi connectivity index (χ3v) is 6.93. The number of benzene rings is 2. The van der Waals surface area contributed by atoms with Gasteiger partial charge in [0.05, 0.1) is 5.69 Å². The van der Waals surface area contributed by atoms with Crippen molar-refractivity contribution in [1.29, 1.82) is 0 Å². The first kappa shape index (κ1) is 18.5. The zero-order chi connectivity index (χ0) is 20.9. The molecule has 2 aromatic carbocycles. The van der Waals surface area contributed by atoms with Crippen LogP contribution in [0.15, 0.2) is 88.9 Å². The summed E-state index contributed by atoms with van der Waals surface area (Å²) in [4.78, 5) is 11.3. The van der Waals surface area contributed by atoms with E-state index in [0.29, 0.717) is 11.6 Å². The van der Waals surface area contributed by atoms with Gasteiger partial charge in [-0.25, -0.2) is 18.4 Å². The second kappa shape index (κ2) is 6.78. The molecule has 2 aromatic heterocycles. The molecule has 0 bridgehead atoms. The number of fused-ring (bicyclic) bond motifs is 2. The van der Waals surface area contributed by atoms with Gasteiger partial charge in [0, 0.05) is 18.0 Å². The van der Waals surface area contributed by atoms with Gasteiger partial charge in [0.1, 0.15) is 9.79 Å². The molecule has 4 aromatic rings. The fraction of sp³-hybridized carbons (Fsp3) is 0.0833. The number of hydrogen-bond donors (Lipinski definition) is 0. The van der Waals surface area contributed by atoms with Crippen LogP contribution >= 0.6 is 0 Å². The van der Waals surface area contributed by atoms with Gasteiger partial charge in [-0.05, 0) is 48.7 Å². The van der Waals surface area contributed by atoms with E-state index in [0.717, 1.165) is 27.9 Å². The molecule has 0 saturated heterocycles. The number of pyridine rings is 2. The fourth-order valence-electron chi connectivity index (χ4n) is 3.78. The third-order valence-electron chi connectivity index (χ3n) is 5.17. The monoisotopic (exact) mass is 413 g/mol. The molecular weight excluding hydrogens is 394 g/mol. The lowest BCUT2D eigenvalue weighted by Crippen LogP contribution is -2.25. The molecule has 5 rings (SSSR count). The molecule has 1 aliphatic rings. The SMILES string of the molecule is Cc1cnc2c(c1)S(=O)(=O)c1cc(C)cnc1N2c1ccccc1-c1ccccc1. The Kier molecular flexibility index (Phi) is 4.18. The van der Waals surface area contributed by atoms with Crippen LogP contribution in [0, 0.1) is 13.8 Å². The van der Waals surface area contributed by atoms with Crippen LogP contribution in [0.5, 0.6) is 0 Å².